The van der Waals surface area contributed by atoms with Crippen molar-refractivity contribution in [2.45, 2.75) is 0 Å². The fourth-order valence-electron chi connectivity index (χ4n) is 1.70. The molecule has 0 fully saturated rings. The number of hydrogen-bond acceptors (Lipinski definition) is 4. The normalized spacial score (nSPS) is 10.7. The van der Waals surface area contributed by atoms with Crippen LogP contribution in [0.2, 0.25) is 0 Å². The van der Waals surface area contributed by atoms with E-state index in [0.717, 1.165) is 3.57 Å². The lowest BCUT2D eigenvalue weighted by Crippen LogP contribution is -1.82. The standard InChI is InChI=1S/C14H8FIN2O2/c15-10-4-1-8(2-5-10)13-17-14(20-18-13)9-3-6-11(16)12(19)7-9/h1-7,19H. The summed E-state index contributed by atoms with van der Waals surface area (Å²) < 4.78 is 18.8. The maximum atomic E-state index is 12.9. The molecule has 0 unspecified atom stereocenters. The summed E-state index contributed by atoms with van der Waals surface area (Å²) in [6, 6.07) is 10.9. The summed E-state index contributed by atoms with van der Waals surface area (Å²) >= 11 is 2.03. The molecule has 1 aromatic heterocycles. The highest BCUT2D eigenvalue weighted by Crippen LogP contribution is 2.27. The van der Waals surface area contributed by atoms with Gasteiger partial charge < -0.3 is 9.63 Å². The molecule has 0 aliphatic carbocycles. The fourth-order valence-corrected chi connectivity index (χ4v) is 2.04. The van der Waals surface area contributed by atoms with Crippen molar-refractivity contribution in [3.63, 3.8) is 0 Å². The molecule has 0 radical (unpaired) electrons. The van der Waals surface area contributed by atoms with E-state index in [1.165, 1.54) is 12.1 Å². The highest BCUT2D eigenvalue weighted by Gasteiger charge is 2.12. The Balaban J connectivity index is 1.97. The van der Waals surface area contributed by atoms with E-state index in [2.05, 4.69) is 10.1 Å². The zero-order valence-electron chi connectivity index (χ0n) is 10.0. The van der Waals surface area contributed by atoms with Crippen molar-refractivity contribution in [2.24, 2.45) is 0 Å². The van der Waals surface area contributed by atoms with Crippen LogP contribution in [0.4, 0.5) is 4.39 Å². The highest BCUT2D eigenvalue weighted by atomic mass is 127. The first-order chi connectivity index (χ1) is 9.63. The third kappa shape index (κ3) is 2.51. The Hall–Kier alpha value is -1.96. The van der Waals surface area contributed by atoms with Gasteiger partial charge in [-0.05, 0) is 65.1 Å². The third-order valence-corrected chi connectivity index (χ3v) is 3.63. The fraction of sp³-hybridized carbons (Fsp3) is 0. The van der Waals surface area contributed by atoms with Crippen molar-refractivity contribution in [1.29, 1.82) is 0 Å². The van der Waals surface area contributed by atoms with E-state index in [0.29, 0.717) is 22.8 Å². The van der Waals surface area contributed by atoms with Gasteiger partial charge in [0.1, 0.15) is 11.6 Å². The van der Waals surface area contributed by atoms with E-state index in [9.17, 15) is 9.50 Å². The molecule has 0 aliphatic heterocycles. The predicted octanol–water partition coefficient (Wildman–Crippen LogP) is 3.85. The average Bonchev–Trinajstić information content (AvgIpc) is 2.92. The van der Waals surface area contributed by atoms with Crippen LogP contribution in [0.25, 0.3) is 22.8 Å². The Morgan fingerprint density at radius 1 is 1.05 bits per heavy atom. The minimum absolute atomic E-state index is 0.157. The minimum Gasteiger partial charge on any atom is -0.507 e. The molecule has 6 heteroatoms. The van der Waals surface area contributed by atoms with Crippen LogP contribution in [-0.4, -0.2) is 15.2 Å². The summed E-state index contributed by atoms with van der Waals surface area (Å²) in [6.45, 7) is 0. The molecule has 0 atom stereocenters. The van der Waals surface area contributed by atoms with Crippen LogP contribution < -0.4 is 0 Å². The zero-order valence-corrected chi connectivity index (χ0v) is 12.2. The Morgan fingerprint density at radius 2 is 1.75 bits per heavy atom. The van der Waals surface area contributed by atoms with E-state index >= 15 is 0 Å². The molecule has 0 bridgehead atoms. The van der Waals surface area contributed by atoms with Crippen molar-refractivity contribution in [1.82, 2.24) is 10.1 Å². The lowest BCUT2D eigenvalue weighted by atomic mass is 10.2. The first-order valence-corrected chi connectivity index (χ1v) is 6.80. The van der Waals surface area contributed by atoms with Gasteiger partial charge in [-0.2, -0.15) is 4.98 Å². The van der Waals surface area contributed by atoms with Gasteiger partial charge in [0, 0.05) is 11.1 Å². The molecule has 100 valence electrons. The highest BCUT2D eigenvalue weighted by molar-refractivity contribution is 14.1. The maximum Gasteiger partial charge on any atom is 0.258 e. The third-order valence-electron chi connectivity index (χ3n) is 2.72. The van der Waals surface area contributed by atoms with Crippen LogP contribution in [0.3, 0.4) is 0 Å². The Bertz CT molecular complexity index is 756. The molecule has 0 amide bonds. The predicted molar refractivity (Wildman–Crippen MR) is 79.5 cm³/mol. The van der Waals surface area contributed by atoms with Crippen molar-refractivity contribution < 1.29 is 14.0 Å². The van der Waals surface area contributed by atoms with Gasteiger partial charge in [-0.3, -0.25) is 0 Å². The van der Waals surface area contributed by atoms with E-state index in [1.807, 2.05) is 22.6 Å². The van der Waals surface area contributed by atoms with Crippen molar-refractivity contribution in [3.8, 4) is 28.6 Å². The number of phenols is 1. The first kappa shape index (κ1) is 13.0. The first-order valence-electron chi connectivity index (χ1n) is 5.72. The molecule has 20 heavy (non-hydrogen) atoms. The average molecular weight is 382 g/mol. The van der Waals surface area contributed by atoms with Crippen molar-refractivity contribution in [2.75, 3.05) is 0 Å². The molecular weight excluding hydrogens is 374 g/mol. The molecule has 0 spiro atoms. The number of hydrogen-bond donors (Lipinski definition) is 1. The summed E-state index contributed by atoms with van der Waals surface area (Å²) in [6.07, 6.45) is 0. The number of benzene rings is 2. The van der Waals surface area contributed by atoms with Gasteiger partial charge in [0.05, 0.1) is 3.57 Å². The largest absolute Gasteiger partial charge is 0.507 e. The SMILES string of the molecule is Oc1cc(-c2nc(-c3ccc(F)cc3)no2)ccc1I. The molecular formula is C14H8FIN2O2. The summed E-state index contributed by atoms with van der Waals surface area (Å²) in [5.74, 6) is 0.513. The number of phenolic OH excluding ortho intramolecular Hbond substituents is 1. The van der Waals surface area contributed by atoms with Crippen molar-refractivity contribution >= 4 is 22.6 Å². The smallest absolute Gasteiger partial charge is 0.258 e. The summed E-state index contributed by atoms with van der Waals surface area (Å²) in [5, 5.41) is 13.5. The van der Waals surface area contributed by atoms with Crippen LogP contribution in [0.15, 0.2) is 47.0 Å². The van der Waals surface area contributed by atoms with Gasteiger partial charge >= 0.3 is 0 Å². The van der Waals surface area contributed by atoms with Gasteiger partial charge in [0.2, 0.25) is 5.82 Å². The molecule has 1 N–H and O–H groups in total. The number of aromatic nitrogens is 2. The molecule has 4 nitrogen and oxygen atoms in total. The number of halogens is 2. The molecule has 2 aromatic carbocycles. The quantitative estimate of drug-likeness (QED) is 0.684. The second kappa shape index (κ2) is 5.20. The Morgan fingerprint density at radius 3 is 2.45 bits per heavy atom. The molecule has 0 aliphatic rings. The van der Waals surface area contributed by atoms with Crippen LogP contribution in [0.5, 0.6) is 5.75 Å². The molecule has 3 aromatic rings. The van der Waals surface area contributed by atoms with Crippen LogP contribution in [0.1, 0.15) is 0 Å². The van der Waals surface area contributed by atoms with E-state index < -0.39 is 0 Å². The van der Waals surface area contributed by atoms with E-state index in [-0.39, 0.29) is 11.6 Å². The Labute approximate surface area is 127 Å². The van der Waals surface area contributed by atoms with Gasteiger partial charge in [-0.25, -0.2) is 4.39 Å². The lowest BCUT2D eigenvalue weighted by Gasteiger charge is -1.98. The second-order valence-corrected chi connectivity index (χ2v) is 5.26. The summed E-state index contributed by atoms with van der Waals surface area (Å²) in [5.41, 5.74) is 1.29. The molecule has 0 saturated carbocycles. The monoisotopic (exact) mass is 382 g/mol. The van der Waals surface area contributed by atoms with Gasteiger partial charge in [0.15, 0.2) is 0 Å². The minimum atomic E-state index is -0.319. The van der Waals surface area contributed by atoms with Crippen LogP contribution in [-0.2, 0) is 0 Å². The molecule has 3 rings (SSSR count). The summed E-state index contributed by atoms with van der Waals surface area (Å²) in [7, 11) is 0. The van der Waals surface area contributed by atoms with Gasteiger partial charge in [0.25, 0.3) is 5.89 Å². The van der Waals surface area contributed by atoms with E-state index in [4.69, 9.17) is 4.52 Å². The lowest BCUT2D eigenvalue weighted by molar-refractivity contribution is 0.431. The summed E-state index contributed by atoms with van der Waals surface area (Å²) in [4.78, 5) is 4.24. The van der Waals surface area contributed by atoms with Gasteiger partial charge in [-0.15, -0.1) is 0 Å². The Kier molecular flexibility index (Phi) is 3.39. The second-order valence-electron chi connectivity index (χ2n) is 4.10. The van der Waals surface area contributed by atoms with Crippen molar-refractivity contribution in [3.05, 3.63) is 51.9 Å². The van der Waals surface area contributed by atoms with Crippen LogP contribution >= 0.6 is 22.6 Å². The zero-order chi connectivity index (χ0) is 14.1. The molecule has 1 heterocycles. The number of rotatable bonds is 2. The molecule has 0 saturated heterocycles. The number of nitrogens with zero attached hydrogens (tertiary/aromatic N) is 2. The maximum absolute atomic E-state index is 12.9. The van der Waals surface area contributed by atoms with E-state index in [1.54, 1.807) is 30.3 Å². The van der Waals surface area contributed by atoms with Gasteiger partial charge in [-0.1, -0.05) is 5.16 Å². The number of aromatic hydroxyl groups is 1. The topological polar surface area (TPSA) is 59.2 Å². The van der Waals surface area contributed by atoms with Crippen LogP contribution in [0, 0.1) is 9.39 Å².